The Morgan fingerprint density at radius 3 is 2.34 bits per heavy atom. The summed E-state index contributed by atoms with van der Waals surface area (Å²) >= 11 is 0. The molecule has 0 amide bonds. The molecule has 2 aromatic carbocycles. The molecule has 0 aliphatic carbocycles. The first-order valence-corrected chi connectivity index (χ1v) is 10.4. The number of carbonyl (C=O) groups excluding carboxylic acids is 1. The Kier molecular flexibility index (Phi) is 6.13. The van der Waals surface area contributed by atoms with Gasteiger partial charge in [0.05, 0.1) is 24.0 Å². The molecule has 1 heterocycles. The van der Waals surface area contributed by atoms with Gasteiger partial charge >= 0.3 is 5.97 Å². The second-order valence-electron chi connectivity index (χ2n) is 6.05. The standard InChI is InChI=1S/C21H21N3O4S/c1-3-24(16-9-5-4-6-10-16)29(26,27)17-13-14-20(22-15-17)23-19-12-8-7-11-18(19)21(25)28-2/h4-15H,3H2,1-2H3,(H,22,23). The number of para-hydroxylation sites is 2. The third-order valence-corrected chi connectivity index (χ3v) is 6.14. The minimum absolute atomic E-state index is 0.0787. The second-order valence-corrected chi connectivity index (χ2v) is 7.91. The molecule has 0 unspecified atom stereocenters. The summed E-state index contributed by atoms with van der Waals surface area (Å²) in [5.41, 5.74) is 1.46. The number of ether oxygens (including phenoxy) is 1. The zero-order valence-electron chi connectivity index (χ0n) is 16.1. The maximum Gasteiger partial charge on any atom is 0.339 e. The summed E-state index contributed by atoms with van der Waals surface area (Å²) in [6, 6.07) is 18.8. The zero-order valence-corrected chi connectivity index (χ0v) is 16.9. The van der Waals surface area contributed by atoms with Crippen molar-refractivity contribution < 1.29 is 17.9 Å². The van der Waals surface area contributed by atoms with Crippen LogP contribution in [-0.4, -0.2) is 33.0 Å². The number of rotatable bonds is 7. The van der Waals surface area contributed by atoms with E-state index in [4.69, 9.17) is 4.74 Å². The van der Waals surface area contributed by atoms with E-state index in [-0.39, 0.29) is 4.90 Å². The van der Waals surface area contributed by atoms with Crippen LogP contribution in [0.25, 0.3) is 0 Å². The van der Waals surface area contributed by atoms with Gasteiger partial charge in [0.2, 0.25) is 0 Å². The number of esters is 1. The van der Waals surface area contributed by atoms with E-state index in [1.807, 2.05) is 6.07 Å². The molecule has 7 nitrogen and oxygen atoms in total. The average molecular weight is 411 g/mol. The molecule has 150 valence electrons. The smallest absolute Gasteiger partial charge is 0.339 e. The number of aromatic nitrogens is 1. The van der Waals surface area contributed by atoms with E-state index < -0.39 is 16.0 Å². The predicted molar refractivity (Wildman–Crippen MR) is 112 cm³/mol. The average Bonchev–Trinajstić information content (AvgIpc) is 2.75. The fraction of sp³-hybridized carbons (Fsp3) is 0.143. The van der Waals surface area contributed by atoms with Crippen LogP contribution < -0.4 is 9.62 Å². The quantitative estimate of drug-likeness (QED) is 0.595. The van der Waals surface area contributed by atoms with Crippen molar-refractivity contribution in [2.24, 2.45) is 0 Å². The number of anilines is 3. The van der Waals surface area contributed by atoms with Crippen LogP contribution >= 0.6 is 0 Å². The Labute approximate surface area is 170 Å². The fourth-order valence-electron chi connectivity index (χ4n) is 2.84. The summed E-state index contributed by atoms with van der Waals surface area (Å²) < 4.78 is 32.1. The van der Waals surface area contributed by atoms with E-state index in [2.05, 4.69) is 10.3 Å². The van der Waals surface area contributed by atoms with Crippen molar-refractivity contribution in [2.45, 2.75) is 11.8 Å². The number of methoxy groups -OCH3 is 1. The Morgan fingerprint density at radius 1 is 1.03 bits per heavy atom. The van der Waals surface area contributed by atoms with Crippen molar-refractivity contribution in [2.75, 3.05) is 23.3 Å². The summed E-state index contributed by atoms with van der Waals surface area (Å²) in [5.74, 6) is -0.0724. The van der Waals surface area contributed by atoms with Crippen LogP contribution in [0.2, 0.25) is 0 Å². The third-order valence-electron chi connectivity index (χ3n) is 4.25. The van der Waals surface area contributed by atoms with Gasteiger partial charge in [-0.15, -0.1) is 0 Å². The van der Waals surface area contributed by atoms with Gasteiger partial charge in [-0.05, 0) is 43.3 Å². The van der Waals surface area contributed by atoms with Gasteiger partial charge in [-0.3, -0.25) is 4.31 Å². The summed E-state index contributed by atoms with van der Waals surface area (Å²) in [4.78, 5) is 16.2. The molecule has 0 fully saturated rings. The lowest BCUT2D eigenvalue weighted by molar-refractivity contribution is 0.0602. The van der Waals surface area contributed by atoms with E-state index in [0.29, 0.717) is 29.3 Å². The van der Waals surface area contributed by atoms with E-state index in [0.717, 1.165) is 0 Å². The largest absolute Gasteiger partial charge is 0.465 e. The minimum Gasteiger partial charge on any atom is -0.465 e. The van der Waals surface area contributed by atoms with Gasteiger partial charge in [-0.2, -0.15) is 0 Å². The molecule has 0 atom stereocenters. The minimum atomic E-state index is -3.75. The fourth-order valence-corrected chi connectivity index (χ4v) is 4.26. The lowest BCUT2D eigenvalue weighted by Crippen LogP contribution is -2.30. The highest BCUT2D eigenvalue weighted by molar-refractivity contribution is 7.92. The van der Waals surface area contributed by atoms with Gasteiger partial charge in [0, 0.05) is 12.7 Å². The van der Waals surface area contributed by atoms with Gasteiger partial charge in [0.25, 0.3) is 10.0 Å². The first-order valence-electron chi connectivity index (χ1n) is 8.95. The molecule has 1 aromatic heterocycles. The van der Waals surface area contributed by atoms with Crippen LogP contribution in [0.5, 0.6) is 0 Å². The molecule has 0 saturated heterocycles. The highest BCUT2D eigenvalue weighted by Crippen LogP contribution is 2.25. The molecule has 29 heavy (non-hydrogen) atoms. The van der Waals surface area contributed by atoms with Crippen molar-refractivity contribution in [1.29, 1.82) is 0 Å². The molecule has 3 rings (SSSR count). The van der Waals surface area contributed by atoms with E-state index in [9.17, 15) is 13.2 Å². The number of nitrogens with zero attached hydrogens (tertiary/aromatic N) is 2. The molecule has 0 radical (unpaired) electrons. The van der Waals surface area contributed by atoms with Crippen molar-refractivity contribution in [3.63, 3.8) is 0 Å². The summed E-state index contributed by atoms with van der Waals surface area (Å²) in [5, 5.41) is 3.02. The van der Waals surface area contributed by atoms with Crippen LogP contribution in [0.4, 0.5) is 17.2 Å². The Morgan fingerprint density at radius 2 is 1.72 bits per heavy atom. The lowest BCUT2D eigenvalue weighted by Gasteiger charge is -2.22. The summed E-state index contributed by atoms with van der Waals surface area (Å²) in [7, 11) is -2.44. The molecule has 1 N–H and O–H groups in total. The number of sulfonamides is 1. The van der Waals surface area contributed by atoms with Gasteiger partial charge in [-0.25, -0.2) is 18.2 Å². The molecule has 0 spiro atoms. The zero-order chi connectivity index (χ0) is 20.9. The molecule has 8 heteroatoms. The Hall–Kier alpha value is -3.39. The van der Waals surface area contributed by atoms with E-state index in [1.54, 1.807) is 61.5 Å². The molecule has 0 saturated carbocycles. The van der Waals surface area contributed by atoms with Crippen molar-refractivity contribution in [3.8, 4) is 0 Å². The predicted octanol–water partition coefficient (Wildman–Crippen LogP) is 3.83. The van der Waals surface area contributed by atoms with Gasteiger partial charge < -0.3 is 10.1 Å². The lowest BCUT2D eigenvalue weighted by atomic mass is 10.2. The number of carbonyl (C=O) groups is 1. The molecular formula is C21H21N3O4S. The molecule has 0 bridgehead atoms. The summed E-state index contributed by atoms with van der Waals surface area (Å²) in [6.07, 6.45) is 1.30. The molecular weight excluding hydrogens is 390 g/mol. The highest BCUT2D eigenvalue weighted by Gasteiger charge is 2.24. The number of hydrogen-bond acceptors (Lipinski definition) is 6. The van der Waals surface area contributed by atoms with Crippen LogP contribution in [0, 0.1) is 0 Å². The van der Waals surface area contributed by atoms with E-state index in [1.165, 1.54) is 23.7 Å². The van der Waals surface area contributed by atoms with Gasteiger partial charge in [-0.1, -0.05) is 30.3 Å². The maximum absolute atomic E-state index is 13.0. The van der Waals surface area contributed by atoms with Crippen molar-refractivity contribution in [1.82, 2.24) is 4.98 Å². The van der Waals surface area contributed by atoms with Crippen molar-refractivity contribution in [3.05, 3.63) is 78.5 Å². The third kappa shape index (κ3) is 4.38. The maximum atomic E-state index is 13.0. The normalized spacial score (nSPS) is 11.0. The first-order chi connectivity index (χ1) is 14.0. The number of pyridine rings is 1. The van der Waals surface area contributed by atoms with Crippen molar-refractivity contribution >= 4 is 33.2 Å². The number of nitrogens with one attached hydrogen (secondary N) is 1. The van der Waals surface area contributed by atoms with Crippen LogP contribution in [-0.2, 0) is 14.8 Å². The van der Waals surface area contributed by atoms with Crippen LogP contribution in [0.15, 0.2) is 77.8 Å². The first kappa shape index (κ1) is 20.3. The molecule has 0 aliphatic rings. The topological polar surface area (TPSA) is 88.6 Å². The van der Waals surface area contributed by atoms with Gasteiger partial charge in [0.15, 0.2) is 0 Å². The van der Waals surface area contributed by atoms with Crippen LogP contribution in [0.1, 0.15) is 17.3 Å². The number of benzene rings is 2. The monoisotopic (exact) mass is 411 g/mol. The summed E-state index contributed by atoms with van der Waals surface area (Å²) in [6.45, 7) is 2.07. The highest BCUT2D eigenvalue weighted by atomic mass is 32.2. The Bertz CT molecular complexity index is 1080. The molecule has 0 aliphatic heterocycles. The van der Waals surface area contributed by atoms with E-state index >= 15 is 0 Å². The van der Waals surface area contributed by atoms with Gasteiger partial charge in [0.1, 0.15) is 10.7 Å². The Balaban J connectivity index is 1.86. The number of hydrogen-bond donors (Lipinski definition) is 1. The van der Waals surface area contributed by atoms with Crippen LogP contribution in [0.3, 0.4) is 0 Å². The molecule has 3 aromatic rings. The SMILES string of the molecule is CCN(c1ccccc1)S(=O)(=O)c1ccc(Nc2ccccc2C(=O)OC)nc1. The second kappa shape index (κ2) is 8.74.